The summed E-state index contributed by atoms with van der Waals surface area (Å²) in [6, 6.07) is 16.8. The Morgan fingerprint density at radius 1 is 1.06 bits per heavy atom. The van der Waals surface area contributed by atoms with Crippen LogP contribution in [-0.4, -0.2) is 65.8 Å². The van der Waals surface area contributed by atoms with Gasteiger partial charge in [-0.1, -0.05) is 61.2 Å². The molecule has 0 spiro atoms. The number of hydrogen-bond donors (Lipinski definition) is 1. The van der Waals surface area contributed by atoms with E-state index in [4.69, 9.17) is 0 Å². The average molecular weight is 469 g/mol. The minimum Gasteiger partial charge on any atom is -0.363 e. The molecule has 0 aromatic heterocycles. The van der Waals surface area contributed by atoms with Crippen LogP contribution in [0.1, 0.15) is 30.4 Å². The summed E-state index contributed by atoms with van der Waals surface area (Å²) < 4.78 is 13.1. The summed E-state index contributed by atoms with van der Waals surface area (Å²) in [6.45, 7) is 8.44. The molecule has 176 valence electrons. The molecule has 1 fully saturated rings. The van der Waals surface area contributed by atoms with Crippen LogP contribution in [0, 0.1) is 5.82 Å². The van der Waals surface area contributed by atoms with E-state index in [2.05, 4.69) is 33.1 Å². The Bertz CT molecular complexity index is 929. The molecule has 2 heterocycles. The third-order valence-corrected chi connectivity index (χ3v) is 7.43. The zero-order valence-corrected chi connectivity index (χ0v) is 20.1. The average Bonchev–Trinajstić information content (AvgIpc) is 3.31. The van der Waals surface area contributed by atoms with Gasteiger partial charge < -0.3 is 15.1 Å². The molecule has 0 radical (unpaired) electrons. The van der Waals surface area contributed by atoms with Crippen LogP contribution in [0.5, 0.6) is 0 Å². The van der Waals surface area contributed by atoms with Crippen molar-refractivity contribution in [2.45, 2.75) is 25.8 Å². The Kier molecular flexibility index (Phi) is 8.29. The Morgan fingerprint density at radius 3 is 2.48 bits per heavy atom. The van der Waals surface area contributed by atoms with Crippen molar-refractivity contribution in [2.24, 2.45) is 0 Å². The molecular formula is C26H33FN4OS. The highest BCUT2D eigenvalue weighted by Gasteiger charge is 2.24. The molecule has 1 unspecified atom stereocenters. The lowest BCUT2D eigenvalue weighted by molar-refractivity contribution is -0.122. The highest BCUT2D eigenvalue weighted by atomic mass is 32.2. The molecule has 1 saturated heterocycles. The maximum Gasteiger partial charge on any atom is 0.227 e. The van der Waals surface area contributed by atoms with E-state index >= 15 is 0 Å². The van der Waals surface area contributed by atoms with Gasteiger partial charge in [0.05, 0.1) is 16.8 Å². The fraction of sp³-hybridized carbons (Fsp3) is 0.423. The summed E-state index contributed by atoms with van der Waals surface area (Å²) in [5, 5.41) is 4.46. The van der Waals surface area contributed by atoms with E-state index in [-0.39, 0.29) is 17.6 Å². The molecule has 4 rings (SSSR count). The van der Waals surface area contributed by atoms with Crippen LogP contribution in [0.25, 0.3) is 0 Å². The highest BCUT2D eigenvalue weighted by Crippen LogP contribution is 2.30. The van der Waals surface area contributed by atoms with Gasteiger partial charge in [0.2, 0.25) is 5.91 Å². The van der Waals surface area contributed by atoms with Crippen LogP contribution in [-0.2, 0) is 11.3 Å². The summed E-state index contributed by atoms with van der Waals surface area (Å²) in [4.78, 5) is 19.8. The second kappa shape index (κ2) is 11.6. The molecule has 7 heteroatoms. The molecule has 2 aliphatic rings. The van der Waals surface area contributed by atoms with Gasteiger partial charge in [0.25, 0.3) is 0 Å². The van der Waals surface area contributed by atoms with Crippen molar-refractivity contribution < 1.29 is 9.18 Å². The number of piperazine rings is 1. The van der Waals surface area contributed by atoms with Crippen molar-refractivity contribution in [3.63, 3.8) is 0 Å². The van der Waals surface area contributed by atoms with E-state index in [1.165, 1.54) is 17.2 Å². The number of amides is 1. The van der Waals surface area contributed by atoms with Gasteiger partial charge in [-0.2, -0.15) is 0 Å². The Labute approximate surface area is 200 Å². The summed E-state index contributed by atoms with van der Waals surface area (Å²) in [6.07, 6.45) is 3.04. The van der Waals surface area contributed by atoms with Crippen LogP contribution in [0.15, 0.2) is 65.8 Å². The molecule has 1 atom stereocenters. The number of carbonyl (C=O) groups is 1. The van der Waals surface area contributed by atoms with Crippen LogP contribution in [0.2, 0.25) is 0 Å². The van der Waals surface area contributed by atoms with Crippen LogP contribution >= 0.6 is 11.8 Å². The highest BCUT2D eigenvalue weighted by molar-refractivity contribution is 8.03. The number of hydrogen-bond acceptors (Lipinski definition) is 5. The maximum atomic E-state index is 13.1. The molecule has 2 aromatic carbocycles. The van der Waals surface area contributed by atoms with Crippen molar-refractivity contribution in [3.05, 3.63) is 82.8 Å². The predicted octanol–water partition coefficient (Wildman–Crippen LogP) is 4.06. The van der Waals surface area contributed by atoms with Gasteiger partial charge in [0.15, 0.2) is 0 Å². The van der Waals surface area contributed by atoms with Crippen LogP contribution in [0.4, 0.5) is 4.39 Å². The van der Waals surface area contributed by atoms with Crippen molar-refractivity contribution in [1.82, 2.24) is 20.0 Å². The fourth-order valence-corrected chi connectivity index (χ4v) is 5.43. The quantitative estimate of drug-likeness (QED) is 0.601. The zero-order valence-electron chi connectivity index (χ0n) is 19.3. The number of thioether (sulfide) groups is 1. The number of rotatable bonds is 9. The smallest absolute Gasteiger partial charge is 0.227 e. The number of halogens is 1. The van der Waals surface area contributed by atoms with E-state index in [0.29, 0.717) is 6.54 Å². The minimum absolute atomic E-state index is 0.0766. The normalized spacial score (nSPS) is 17.7. The standard InChI is InChI=1S/C26H33FN4OS/c1-2-24(22-6-4-3-5-7-22)26(32)28-12-13-29-14-16-31(17-15-29)25-19-30(20-33-25)18-21-8-10-23(27)11-9-21/h3-11,19,24H,2,12-18,20H2,1H3,(H,28,32). The molecule has 0 aliphatic carbocycles. The first-order chi connectivity index (χ1) is 16.1. The molecule has 0 saturated carbocycles. The Balaban J connectivity index is 1.18. The third-order valence-electron chi connectivity index (χ3n) is 6.31. The number of nitrogens with one attached hydrogen (secondary N) is 1. The number of benzene rings is 2. The van der Waals surface area contributed by atoms with E-state index in [0.717, 1.165) is 62.7 Å². The first kappa shape index (κ1) is 23.6. The van der Waals surface area contributed by atoms with Crippen molar-refractivity contribution in [2.75, 3.05) is 45.1 Å². The summed E-state index contributed by atoms with van der Waals surface area (Å²) >= 11 is 1.87. The van der Waals surface area contributed by atoms with Crippen LogP contribution in [0.3, 0.4) is 0 Å². The summed E-state index contributed by atoms with van der Waals surface area (Å²) in [7, 11) is 0. The van der Waals surface area contributed by atoms with Crippen LogP contribution < -0.4 is 5.32 Å². The molecule has 33 heavy (non-hydrogen) atoms. The van der Waals surface area contributed by atoms with Crippen molar-refractivity contribution >= 4 is 17.7 Å². The van der Waals surface area contributed by atoms with E-state index in [1.807, 2.05) is 54.2 Å². The second-order valence-corrected chi connectivity index (χ2v) is 9.57. The van der Waals surface area contributed by atoms with E-state index in [9.17, 15) is 9.18 Å². The molecule has 1 amide bonds. The van der Waals surface area contributed by atoms with Gasteiger partial charge in [-0.3, -0.25) is 9.69 Å². The van der Waals surface area contributed by atoms with E-state index < -0.39 is 0 Å². The fourth-order valence-electron chi connectivity index (χ4n) is 4.38. The van der Waals surface area contributed by atoms with Gasteiger partial charge in [0.1, 0.15) is 5.82 Å². The van der Waals surface area contributed by atoms with Gasteiger partial charge in [-0.15, -0.1) is 0 Å². The van der Waals surface area contributed by atoms with Gasteiger partial charge in [-0.05, 0) is 29.7 Å². The first-order valence-electron chi connectivity index (χ1n) is 11.8. The van der Waals surface area contributed by atoms with Crippen molar-refractivity contribution in [3.8, 4) is 0 Å². The predicted molar refractivity (Wildman–Crippen MR) is 133 cm³/mol. The molecule has 0 bridgehead atoms. The monoisotopic (exact) mass is 468 g/mol. The maximum absolute atomic E-state index is 13.1. The molecular weight excluding hydrogens is 435 g/mol. The number of nitrogens with zero attached hydrogens (tertiary/aromatic N) is 3. The summed E-state index contributed by atoms with van der Waals surface area (Å²) in [5.41, 5.74) is 2.21. The largest absolute Gasteiger partial charge is 0.363 e. The van der Waals surface area contributed by atoms with Gasteiger partial charge in [-0.25, -0.2) is 4.39 Å². The molecule has 2 aromatic rings. The van der Waals surface area contributed by atoms with E-state index in [1.54, 1.807) is 0 Å². The molecule has 2 aliphatic heterocycles. The Hall–Kier alpha value is -2.51. The zero-order chi connectivity index (χ0) is 23.0. The Morgan fingerprint density at radius 2 is 1.79 bits per heavy atom. The lowest BCUT2D eigenvalue weighted by atomic mass is 9.96. The van der Waals surface area contributed by atoms with Gasteiger partial charge >= 0.3 is 0 Å². The number of carbonyl (C=O) groups excluding carboxylic acids is 1. The third kappa shape index (κ3) is 6.51. The lowest BCUT2D eigenvalue weighted by Crippen LogP contribution is -2.47. The first-order valence-corrected chi connectivity index (χ1v) is 12.7. The molecule has 5 nitrogen and oxygen atoms in total. The molecule has 1 N–H and O–H groups in total. The lowest BCUT2D eigenvalue weighted by Gasteiger charge is -2.36. The summed E-state index contributed by atoms with van der Waals surface area (Å²) in [5.74, 6) is 0.784. The second-order valence-electron chi connectivity index (χ2n) is 8.61. The topological polar surface area (TPSA) is 38.8 Å². The van der Waals surface area contributed by atoms with Gasteiger partial charge in [0, 0.05) is 52.0 Å². The van der Waals surface area contributed by atoms with Crippen molar-refractivity contribution in [1.29, 1.82) is 0 Å². The SMILES string of the molecule is CCC(C(=O)NCCN1CCN(C2=CN(Cc3ccc(F)cc3)CS2)CC1)c1ccccc1. The minimum atomic E-state index is -0.190.